The van der Waals surface area contributed by atoms with Crippen LogP contribution in [-0.2, 0) is 0 Å². The van der Waals surface area contributed by atoms with Crippen molar-refractivity contribution in [1.29, 1.82) is 0 Å². The van der Waals surface area contributed by atoms with E-state index in [0.717, 1.165) is 0 Å². The van der Waals surface area contributed by atoms with Crippen molar-refractivity contribution in [2.75, 3.05) is 26.4 Å². The van der Waals surface area contributed by atoms with Gasteiger partial charge in [0.1, 0.15) is 0 Å². The number of aliphatic hydroxyl groups is 4. The lowest BCUT2D eigenvalue weighted by atomic mass is 9.88. The van der Waals surface area contributed by atoms with E-state index >= 15 is 0 Å². The van der Waals surface area contributed by atoms with Crippen LogP contribution in [0.3, 0.4) is 0 Å². The van der Waals surface area contributed by atoms with Gasteiger partial charge in [0.25, 0.3) is 0 Å². The van der Waals surface area contributed by atoms with Crippen LogP contribution in [-0.4, -0.2) is 58.9 Å². The fourth-order valence-electron chi connectivity index (χ4n) is 2.02. The Balaban J connectivity index is 2.65. The molecule has 13 heavy (non-hydrogen) atoms. The SMILES string of the molecule is OC[C@H]1[C@H](CO)[C@@H](CO)N[C@@H]1CO. The number of hydrogen-bond acceptors (Lipinski definition) is 5. The van der Waals surface area contributed by atoms with Crippen LogP contribution in [0, 0.1) is 11.8 Å². The maximum atomic E-state index is 9.04. The van der Waals surface area contributed by atoms with Crippen molar-refractivity contribution in [3.63, 3.8) is 0 Å². The van der Waals surface area contributed by atoms with Crippen LogP contribution in [0.2, 0.25) is 0 Å². The van der Waals surface area contributed by atoms with E-state index in [1.165, 1.54) is 0 Å². The van der Waals surface area contributed by atoms with Gasteiger partial charge in [0.15, 0.2) is 0 Å². The van der Waals surface area contributed by atoms with Crippen LogP contribution in [0.4, 0.5) is 0 Å². The van der Waals surface area contributed by atoms with Crippen molar-refractivity contribution in [2.24, 2.45) is 11.8 Å². The van der Waals surface area contributed by atoms with Crippen molar-refractivity contribution < 1.29 is 20.4 Å². The molecule has 1 aliphatic rings. The monoisotopic (exact) mass is 191 g/mol. The zero-order chi connectivity index (χ0) is 9.84. The molecule has 0 aromatic carbocycles. The molecule has 1 rings (SSSR count). The highest BCUT2D eigenvalue weighted by Gasteiger charge is 2.41. The van der Waals surface area contributed by atoms with Gasteiger partial charge in [-0.2, -0.15) is 0 Å². The summed E-state index contributed by atoms with van der Waals surface area (Å²) in [4.78, 5) is 0. The van der Waals surface area contributed by atoms with Gasteiger partial charge in [0.05, 0.1) is 13.2 Å². The Morgan fingerprint density at radius 1 is 0.692 bits per heavy atom. The molecule has 0 spiro atoms. The summed E-state index contributed by atoms with van der Waals surface area (Å²) in [7, 11) is 0. The van der Waals surface area contributed by atoms with Crippen molar-refractivity contribution in [3.05, 3.63) is 0 Å². The second-order valence-electron chi connectivity index (χ2n) is 3.44. The number of nitrogens with one attached hydrogen (secondary N) is 1. The van der Waals surface area contributed by atoms with Gasteiger partial charge in [0.2, 0.25) is 0 Å². The minimum absolute atomic E-state index is 0.0834. The molecule has 5 nitrogen and oxygen atoms in total. The second-order valence-corrected chi connectivity index (χ2v) is 3.44. The van der Waals surface area contributed by atoms with Crippen LogP contribution >= 0.6 is 0 Å². The average molecular weight is 191 g/mol. The topological polar surface area (TPSA) is 93.0 Å². The molecule has 1 aliphatic heterocycles. The Kier molecular flexibility index (Phi) is 4.08. The molecule has 0 aliphatic carbocycles. The van der Waals surface area contributed by atoms with Gasteiger partial charge < -0.3 is 25.7 Å². The maximum absolute atomic E-state index is 9.04. The molecule has 0 radical (unpaired) electrons. The minimum Gasteiger partial charge on any atom is -0.396 e. The molecule has 0 bridgehead atoms. The molecule has 78 valence electrons. The van der Waals surface area contributed by atoms with Gasteiger partial charge in [-0.1, -0.05) is 0 Å². The molecule has 0 unspecified atom stereocenters. The highest BCUT2D eigenvalue weighted by atomic mass is 16.3. The summed E-state index contributed by atoms with van der Waals surface area (Å²) < 4.78 is 0. The Labute approximate surface area is 77.0 Å². The smallest absolute Gasteiger partial charge is 0.0588 e. The predicted octanol–water partition coefficient (Wildman–Crippen LogP) is -2.47. The number of aliphatic hydroxyl groups excluding tert-OH is 4. The second kappa shape index (κ2) is 4.88. The van der Waals surface area contributed by atoms with Crippen molar-refractivity contribution in [1.82, 2.24) is 5.32 Å². The largest absolute Gasteiger partial charge is 0.396 e. The third-order valence-electron chi connectivity index (χ3n) is 2.83. The highest BCUT2D eigenvalue weighted by Crippen LogP contribution is 2.26. The van der Waals surface area contributed by atoms with Crippen LogP contribution in [0.1, 0.15) is 0 Å². The van der Waals surface area contributed by atoms with E-state index in [2.05, 4.69) is 5.32 Å². The van der Waals surface area contributed by atoms with Crippen LogP contribution in [0.15, 0.2) is 0 Å². The van der Waals surface area contributed by atoms with Crippen LogP contribution < -0.4 is 5.32 Å². The van der Waals surface area contributed by atoms with Gasteiger partial charge in [-0.15, -0.1) is 0 Å². The molecular formula is C8H17NO4. The van der Waals surface area contributed by atoms with Crippen LogP contribution in [0.5, 0.6) is 0 Å². The van der Waals surface area contributed by atoms with E-state index in [9.17, 15) is 0 Å². The lowest BCUT2D eigenvalue weighted by Gasteiger charge is -2.19. The summed E-state index contributed by atoms with van der Waals surface area (Å²) in [6, 6.07) is -0.446. The lowest BCUT2D eigenvalue weighted by Crippen LogP contribution is -2.37. The van der Waals surface area contributed by atoms with Crippen LogP contribution in [0.25, 0.3) is 0 Å². The van der Waals surface area contributed by atoms with Crippen molar-refractivity contribution >= 4 is 0 Å². The molecule has 0 aromatic rings. The number of rotatable bonds is 4. The van der Waals surface area contributed by atoms with E-state index in [1.54, 1.807) is 0 Å². The first-order valence-corrected chi connectivity index (χ1v) is 4.48. The fraction of sp³-hybridized carbons (Fsp3) is 1.00. The summed E-state index contributed by atoms with van der Waals surface area (Å²) in [5.41, 5.74) is 0. The molecule has 1 fully saturated rings. The third kappa shape index (κ3) is 2.00. The molecule has 1 heterocycles. The highest BCUT2D eigenvalue weighted by molar-refractivity contribution is 4.96. The predicted molar refractivity (Wildman–Crippen MR) is 46.0 cm³/mol. The van der Waals surface area contributed by atoms with Crippen molar-refractivity contribution in [3.8, 4) is 0 Å². The quantitative estimate of drug-likeness (QED) is 0.339. The molecule has 0 amide bonds. The standard InChI is InChI=1S/C8H17NO4/c10-1-5-6(2-11)8(4-13)9-7(5)3-12/h5-13H,1-4H2/t5-,6-,7+,8+/m0/s1. The minimum atomic E-state index is -0.223. The van der Waals surface area contributed by atoms with Gasteiger partial charge >= 0.3 is 0 Å². The van der Waals surface area contributed by atoms with E-state index in [-0.39, 0.29) is 50.3 Å². The average Bonchev–Trinajstić information content (AvgIpc) is 2.54. The van der Waals surface area contributed by atoms with Gasteiger partial charge in [0, 0.05) is 37.1 Å². The molecule has 5 N–H and O–H groups in total. The first kappa shape index (κ1) is 10.9. The summed E-state index contributed by atoms with van der Waals surface area (Å²) in [5, 5.41) is 39.0. The Morgan fingerprint density at radius 2 is 1.08 bits per heavy atom. The summed E-state index contributed by atoms with van der Waals surface area (Å²) in [5.74, 6) is -0.348. The maximum Gasteiger partial charge on any atom is 0.0588 e. The molecule has 0 aromatic heterocycles. The number of hydrogen-bond donors (Lipinski definition) is 5. The van der Waals surface area contributed by atoms with E-state index in [4.69, 9.17) is 20.4 Å². The zero-order valence-corrected chi connectivity index (χ0v) is 7.43. The first-order chi connectivity index (χ1) is 6.28. The van der Waals surface area contributed by atoms with E-state index < -0.39 is 0 Å². The summed E-state index contributed by atoms with van der Waals surface area (Å²) in [6.45, 7) is -0.337. The Hall–Kier alpha value is -0.200. The van der Waals surface area contributed by atoms with Crippen molar-refractivity contribution in [2.45, 2.75) is 12.1 Å². The van der Waals surface area contributed by atoms with Gasteiger partial charge in [-0.05, 0) is 0 Å². The third-order valence-corrected chi connectivity index (χ3v) is 2.83. The molecule has 1 saturated heterocycles. The normalized spacial score (nSPS) is 39.7. The van der Waals surface area contributed by atoms with Gasteiger partial charge in [-0.25, -0.2) is 0 Å². The lowest BCUT2D eigenvalue weighted by molar-refractivity contribution is 0.102. The summed E-state index contributed by atoms with van der Waals surface area (Å²) >= 11 is 0. The van der Waals surface area contributed by atoms with E-state index in [0.29, 0.717) is 0 Å². The summed E-state index contributed by atoms with van der Waals surface area (Å²) in [6.07, 6.45) is 0. The Morgan fingerprint density at radius 3 is 1.31 bits per heavy atom. The van der Waals surface area contributed by atoms with E-state index in [1.807, 2.05) is 0 Å². The first-order valence-electron chi connectivity index (χ1n) is 4.48. The molecular weight excluding hydrogens is 174 g/mol. The fourth-order valence-corrected chi connectivity index (χ4v) is 2.02. The Bertz CT molecular complexity index is 139. The molecule has 0 saturated carbocycles. The van der Waals surface area contributed by atoms with Gasteiger partial charge in [-0.3, -0.25) is 0 Å². The molecule has 5 heteroatoms. The zero-order valence-electron chi connectivity index (χ0n) is 7.43. The molecule has 4 atom stereocenters.